The summed E-state index contributed by atoms with van der Waals surface area (Å²) in [4.78, 5) is 14.4. The Balaban J connectivity index is 1.82. The first-order valence-electron chi connectivity index (χ1n) is 8.77. The van der Waals surface area contributed by atoms with Gasteiger partial charge < -0.3 is 4.90 Å². The van der Waals surface area contributed by atoms with E-state index < -0.39 is 21.8 Å². The maximum absolute atomic E-state index is 12.7. The molecule has 0 saturated heterocycles. The highest BCUT2D eigenvalue weighted by molar-refractivity contribution is 7.89. The molecule has 0 fully saturated rings. The molecule has 154 valence electrons. The number of hydrogen-bond donors (Lipinski definition) is 1. The Bertz CT molecular complexity index is 1080. The third-order valence-corrected chi connectivity index (χ3v) is 6.21. The Kier molecular flexibility index (Phi) is 5.55. The topological polar surface area (TPSA) is 66.5 Å². The maximum Gasteiger partial charge on any atom is 0.416 e. The number of allylic oxidation sites excluding steroid dienone is 1. The highest BCUT2D eigenvalue weighted by atomic mass is 32.2. The molecular formula is C20H19F3N2O3S. The van der Waals surface area contributed by atoms with Crippen molar-refractivity contribution >= 4 is 27.2 Å². The lowest BCUT2D eigenvalue weighted by Gasteiger charge is -2.16. The van der Waals surface area contributed by atoms with Crippen molar-refractivity contribution in [2.75, 3.05) is 18.5 Å². The zero-order valence-corrected chi connectivity index (χ0v) is 16.6. The van der Waals surface area contributed by atoms with E-state index in [1.54, 1.807) is 19.1 Å². The molecule has 5 nitrogen and oxygen atoms in total. The summed E-state index contributed by atoms with van der Waals surface area (Å²) in [5, 5.41) is 0. The van der Waals surface area contributed by atoms with Crippen molar-refractivity contribution in [3.63, 3.8) is 0 Å². The summed E-state index contributed by atoms with van der Waals surface area (Å²) in [5.41, 5.74) is 1.67. The van der Waals surface area contributed by atoms with Crippen molar-refractivity contribution in [3.8, 4) is 0 Å². The van der Waals surface area contributed by atoms with E-state index >= 15 is 0 Å². The predicted octanol–water partition coefficient (Wildman–Crippen LogP) is 3.61. The summed E-state index contributed by atoms with van der Waals surface area (Å²) >= 11 is 0. The van der Waals surface area contributed by atoms with Crippen LogP contribution in [0.5, 0.6) is 0 Å². The number of fused-ring (bicyclic) bond motifs is 1. The van der Waals surface area contributed by atoms with Crippen LogP contribution < -0.4 is 9.62 Å². The van der Waals surface area contributed by atoms with Crippen LogP contribution in [0.15, 0.2) is 53.4 Å². The fourth-order valence-electron chi connectivity index (χ4n) is 3.16. The Labute approximate surface area is 166 Å². The molecule has 0 aliphatic carbocycles. The van der Waals surface area contributed by atoms with Gasteiger partial charge in [-0.1, -0.05) is 12.1 Å². The smallest absolute Gasteiger partial charge is 0.308 e. The largest absolute Gasteiger partial charge is 0.416 e. The zero-order valence-electron chi connectivity index (χ0n) is 15.7. The number of benzene rings is 2. The summed E-state index contributed by atoms with van der Waals surface area (Å²) in [6, 6.07) is 9.18. The van der Waals surface area contributed by atoms with Gasteiger partial charge in [-0.3, -0.25) is 4.79 Å². The Morgan fingerprint density at radius 2 is 1.79 bits per heavy atom. The van der Waals surface area contributed by atoms with Gasteiger partial charge >= 0.3 is 6.18 Å². The number of carbonyl (C=O) groups excluding carboxylic acids is 1. The molecule has 2 aromatic carbocycles. The SMILES string of the molecule is CNS(=O)(=O)c1ccc2c(c1)CCN2C(=O)C=C(C)c1ccc(C(F)(F)F)cc1. The highest BCUT2D eigenvalue weighted by Crippen LogP contribution is 2.32. The number of rotatable bonds is 4. The summed E-state index contributed by atoms with van der Waals surface area (Å²) in [7, 11) is -2.25. The lowest BCUT2D eigenvalue weighted by molar-refractivity contribution is -0.137. The number of amides is 1. The number of carbonyl (C=O) groups is 1. The molecule has 0 saturated carbocycles. The lowest BCUT2D eigenvalue weighted by Crippen LogP contribution is -2.27. The minimum Gasteiger partial charge on any atom is -0.308 e. The fraction of sp³-hybridized carbons (Fsp3) is 0.250. The van der Waals surface area contributed by atoms with Gasteiger partial charge in [-0.05, 0) is 67.4 Å². The summed E-state index contributed by atoms with van der Waals surface area (Å²) < 4.78 is 64.2. The number of nitrogens with one attached hydrogen (secondary N) is 1. The Morgan fingerprint density at radius 3 is 2.38 bits per heavy atom. The number of sulfonamides is 1. The molecule has 0 aromatic heterocycles. The molecule has 1 amide bonds. The monoisotopic (exact) mass is 424 g/mol. The number of halogens is 3. The van der Waals surface area contributed by atoms with Crippen molar-refractivity contribution in [2.45, 2.75) is 24.4 Å². The standard InChI is InChI=1S/C20H19F3N2O3S/c1-13(14-3-5-16(6-4-14)20(21,22)23)11-19(26)25-10-9-15-12-17(7-8-18(15)25)29(27,28)24-2/h3-8,11-12,24H,9-10H2,1-2H3. The molecule has 1 aliphatic heterocycles. The molecule has 9 heteroatoms. The van der Waals surface area contributed by atoms with Crippen molar-refractivity contribution in [3.05, 3.63) is 65.2 Å². The first kappa shape index (κ1) is 21.1. The van der Waals surface area contributed by atoms with Gasteiger partial charge in [0.25, 0.3) is 5.91 Å². The molecule has 29 heavy (non-hydrogen) atoms. The predicted molar refractivity (Wildman–Crippen MR) is 104 cm³/mol. The third kappa shape index (κ3) is 4.35. The van der Waals surface area contributed by atoms with E-state index in [0.29, 0.717) is 29.8 Å². The molecule has 0 spiro atoms. The third-order valence-electron chi connectivity index (χ3n) is 4.80. The van der Waals surface area contributed by atoms with Crippen LogP contribution in [0.3, 0.4) is 0 Å². The van der Waals surface area contributed by atoms with Crippen LogP contribution in [-0.4, -0.2) is 27.9 Å². The van der Waals surface area contributed by atoms with Gasteiger partial charge in [-0.25, -0.2) is 13.1 Å². The summed E-state index contributed by atoms with van der Waals surface area (Å²) in [6.07, 6.45) is -2.53. The highest BCUT2D eigenvalue weighted by Gasteiger charge is 2.30. The first-order valence-corrected chi connectivity index (χ1v) is 10.2. The fourth-order valence-corrected chi connectivity index (χ4v) is 3.94. The first-order chi connectivity index (χ1) is 13.5. The maximum atomic E-state index is 12.7. The van der Waals surface area contributed by atoms with Crippen LogP contribution in [0, 0.1) is 0 Å². The minimum atomic E-state index is -4.41. The molecule has 1 N–H and O–H groups in total. The van der Waals surface area contributed by atoms with Crippen LogP contribution in [0.4, 0.5) is 18.9 Å². The summed E-state index contributed by atoms with van der Waals surface area (Å²) in [5.74, 6) is -0.314. The molecule has 3 rings (SSSR count). The van der Waals surface area contributed by atoms with Crippen LogP contribution in [0.25, 0.3) is 5.57 Å². The molecule has 0 radical (unpaired) electrons. The van der Waals surface area contributed by atoms with Crippen molar-refractivity contribution in [1.82, 2.24) is 4.72 Å². The summed E-state index contributed by atoms with van der Waals surface area (Å²) in [6.45, 7) is 2.05. The Morgan fingerprint density at radius 1 is 1.14 bits per heavy atom. The van der Waals surface area contributed by atoms with Gasteiger partial charge in [0.2, 0.25) is 10.0 Å². The van der Waals surface area contributed by atoms with Crippen LogP contribution in [0.1, 0.15) is 23.6 Å². The van der Waals surface area contributed by atoms with Crippen LogP contribution in [-0.2, 0) is 27.4 Å². The quantitative estimate of drug-likeness (QED) is 0.763. The van der Waals surface area contributed by atoms with Gasteiger partial charge in [0, 0.05) is 18.3 Å². The van der Waals surface area contributed by atoms with Crippen molar-refractivity contribution in [2.24, 2.45) is 0 Å². The van der Waals surface area contributed by atoms with Gasteiger partial charge in [0.15, 0.2) is 0 Å². The van der Waals surface area contributed by atoms with E-state index in [-0.39, 0.29) is 10.8 Å². The second-order valence-corrected chi connectivity index (χ2v) is 8.53. The van der Waals surface area contributed by atoms with E-state index in [4.69, 9.17) is 0 Å². The molecule has 0 atom stereocenters. The number of nitrogens with zero attached hydrogens (tertiary/aromatic N) is 1. The van der Waals surface area contributed by atoms with E-state index in [2.05, 4.69) is 4.72 Å². The lowest BCUT2D eigenvalue weighted by atomic mass is 10.0. The van der Waals surface area contributed by atoms with Crippen molar-refractivity contribution in [1.29, 1.82) is 0 Å². The molecule has 0 bridgehead atoms. The van der Waals surface area contributed by atoms with E-state index in [9.17, 15) is 26.4 Å². The Hall–Kier alpha value is -2.65. The van der Waals surface area contributed by atoms with E-state index in [1.807, 2.05) is 0 Å². The van der Waals surface area contributed by atoms with E-state index in [0.717, 1.165) is 17.7 Å². The van der Waals surface area contributed by atoms with Gasteiger partial charge in [0.1, 0.15) is 0 Å². The number of anilines is 1. The minimum absolute atomic E-state index is 0.129. The second-order valence-electron chi connectivity index (χ2n) is 6.64. The van der Waals surface area contributed by atoms with Crippen LogP contribution >= 0.6 is 0 Å². The molecule has 0 unspecified atom stereocenters. The molecule has 1 heterocycles. The van der Waals surface area contributed by atoms with Gasteiger partial charge in [-0.2, -0.15) is 13.2 Å². The average Bonchev–Trinajstić information content (AvgIpc) is 3.10. The number of hydrogen-bond acceptors (Lipinski definition) is 3. The van der Waals surface area contributed by atoms with Crippen LogP contribution in [0.2, 0.25) is 0 Å². The molecule has 1 aliphatic rings. The van der Waals surface area contributed by atoms with Gasteiger partial charge in [0.05, 0.1) is 10.5 Å². The second kappa shape index (κ2) is 7.64. The van der Waals surface area contributed by atoms with E-state index in [1.165, 1.54) is 36.2 Å². The molecule has 2 aromatic rings. The molecular weight excluding hydrogens is 405 g/mol. The average molecular weight is 424 g/mol. The van der Waals surface area contributed by atoms with Crippen molar-refractivity contribution < 1.29 is 26.4 Å². The zero-order chi connectivity index (χ0) is 21.4. The van der Waals surface area contributed by atoms with Gasteiger partial charge in [-0.15, -0.1) is 0 Å². The normalized spacial score (nSPS) is 14.8. The number of alkyl halides is 3.